The average Bonchev–Trinajstić information content (AvgIpc) is 3.67. The molecule has 0 fully saturated rings. The molecule has 0 aliphatic heterocycles. The van der Waals surface area contributed by atoms with Crippen molar-refractivity contribution in [1.82, 2.24) is 0 Å². The summed E-state index contributed by atoms with van der Waals surface area (Å²) in [6, 6.07) is 64.5. The van der Waals surface area contributed by atoms with E-state index in [2.05, 4.69) is 217 Å². The molecule has 0 spiro atoms. The molecule has 0 nitrogen and oxygen atoms in total. The molecule has 3 aliphatic rings. The van der Waals surface area contributed by atoms with Crippen molar-refractivity contribution in [3.63, 3.8) is 0 Å². The molecule has 3 aliphatic carbocycles. The molecule has 0 saturated carbocycles. The van der Waals surface area contributed by atoms with Gasteiger partial charge in [-0.05, 0) is 152 Å². The number of allylic oxidation sites excluding steroid dienone is 4. The van der Waals surface area contributed by atoms with Crippen LogP contribution in [0.25, 0.3) is 93.5 Å². The lowest BCUT2D eigenvalue weighted by molar-refractivity contribution is 0.530. The first-order valence-corrected chi connectivity index (χ1v) is 22.1. The highest BCUT2D eigenvalue weighted by Crippen LogP contribution is 2.54. The van der Waals surface area contributed by atoms with Gasteiger partial charge in [0.25, 0.3) is 0 Å². The molecule has 61 heavy (non-hydrogen) atoms. The Hall–Kier alpha value is -6.76. The van der Waals surface area contributed by atoms with E-state index in [9.17, 15) is 0 Å². The minimum atomic E-state index is -0.0957. The summed E-state index contributed by atoms with van der Waals surface area (Å²) in [6.07, 6.45) is 5.86. The molecule has 0 amide bonds. The lowest BCUT2D eigenvalue weighted by Crippen LogP contribution is -2.22. The Balaban J connectivity index is 1.08. The summed E-state index contributed by atoms with van der Waals surface area (Å²) >= 11 is 0. The Morgan fingerprint density at radius 2 is 0.934 bits per heavy atom. The third-order valence-corrected chi connectivity index (χ3v) is 14.7. The van der Waals surface area contributed by atoms with Crippen molar-refractivity contribution in [2.24, 2.45) is 5.92 Å². The second-order valence-corrected chi connectivity index (χ2v) is 18.8. The van der Waals surface area contributed by atoms with E-state index in [1.54, 1.807) is 5.57 Å². The van der Waals surface area contributed by atoms with Crippen LogP contribution in [0.1, 0.15) is 63.3 Å². The van der Waals surface area contributed by atoms with Crippen LogP contribution in [0.5, 0.6) is 0 Å². The van der Waals surface area contributed by atoms with Crippen LogP contribution < -0.4 is 0 Å². The van der Waals surface area contributed by atoms with Gasteiger partial charge in [-0.25, -0.2) is 0 Å². The predicted molar refractivity (Wildman–Crippen MR) is 261 cm³/mol. The van der Waals surface area contributed by atoms with Crippen molar-refractivity contribution in [2.75, 3.05) is 0 Å². The first-order valence-electron chi connectivity index (χ1n) is 22.1. The number of hydrogen-bond donors (Lipinski definition) is 0. The standard InChI is InChI=1S/C61H48/c1-37-14-12-22-52-48-31-28-42(35-56(48)61(4,5)59(37)52)41-29-33-51-53(34-41)58(43-30-32-47-46-18-10-11-23-54(46)60(2,3)55(47)36-43)50-20-9-8-19-49(50)57(51)40-26-24-39(25-27-40)45-21-13-16-38-15-6-7-17-44(38)45/h6-13,15-37H,14H2,1-5H3. The second kappa shape index (κ2) is 13.1. The van der Waals surface area contributed by atoms with Crippen molar-refractivity contribution >= 4 is 37.9 Å². The highest BCUT2D eigenvalue weighted by molar-refractivity contribution is 6.22. The Kier molecular flexibility index (Phi) is 7.77. The first kappa shape index (κ1) is 36.1. The van der Waals surface area contributed by atoms with E-state index in [1.165, 1.54) is 116 Å². The highest BCUT2D eigenvalue weighted by atomic mass is 14.4. The minimum Gasteiger partial charge on any atom is -0.0833 e. The lowest BCUT2D eigenvalue weighted by Gasteiger charge is -2.30. The van der Waals surface area contributed by atoms with Crippen molar-refractivity contribution in [3.8, 4) is 55.6 Å². The first-order chi connectivity index (χ1) is 29.7. The molecule has 0 heterocycles. The number of rotatable bonds is 4. The van der Waals surface area contributed by atoms with E-state index < -0.39 is 0 Å². The van der Waals surface area contributed by atoms with Gasteiger partial charge >= 0.3 is 0 Å². The molecule has 0 N–H and O–H groups in total. The summed E-state index contributed by atoms with van der Waals surface area (Å²) in [4.78, 5) is 0. The second-order valence-electron chi connectivity index (χ2n) is 18.8. The molecule has 12 rings (SSSR count). The fraction of sp³-hybridized carbons (Fsp3) is 0.148. The van der Waals surface area contributed by atoms with Crippen LogP contribution in [0, 0.1) is 5.92 Å². The number of benzene rings is 9. The van der Waals surface area contributed by atoms with Crippen molar-refractivity contribution in [3.05, 3.63) is 210 Å². The van der Waals surface area contributed by atoms with Gasteiger partial charge in [0.2, 0.25) is 0 Å². The van der Waals surface area contributed by atoms with E-state index in [0.717, 1.165) is 6.42 Å². The van der Waals surface area contributed by atoms with Crippen LogP contribution in [-0.4, -0.2) is 0 Å². The number of fused-ring (bicyclic) bond motifs is 8. The van der Waals surface area contributed by atoms with Crippen LogP contribution in [0.15, 0.2) is 188 Å². The largest absolute Gasteiger partial charge is 0.0833 e. The molecule has 1 unspecified atom stereocenters. The number of hydrogen-bond acceptors (Lipinski definition) is 0. The monoisotopic (exact) mass is 780 g/mol. The van der Waals surface area contributed by atoms with Gasteiger partial charge in [0, 0.05) is 10.8 Å². The molecular weight excluding hydrogens is 733 g/mol. The van der Waals surface area contributed by atoms with Crippen LogP contribution in [0.2, 0.25) is 0 Å². The molecule has 0 saturated heterocycles. The maximum Gasteiger partial charge on any atom is 0.0159 e. The Bertz CT molecular complexity index is 3380. The van der Waals surface area contributed by atoms with E-state index in [4.69, 9.17) is 0 Å². The van der Waals surface area contributed by atoms with Gasteiger partial charge in [-0.2, -0.15) is 0 Å². The summed E-state index contributed by atoms with van der Waals surface area (Å²) < 4.78 is 0. The summed E-state index contributed by atoms with van der Waals surface area (Å²) in [5, 5.41) is 7.66. The molecule has 0 aromatic heterocycles. The van der Waals surface area contributed by atoms with Gasteiger partial charge in [-0.1, -0.05) is 198 Å². The van der Waals surface area contributed by atoms with E-state index in [0.29, 0.717) is 5.92 Å². The molecule has 0 bridgehead atoms. The normalized spacial score (nSPS) is 16.8. The zero-order chi connectivity index (χ0) is 41.2. The lowest BCUT2D eigenvalue weighted by atomic mass is 9.74. The summed E-state index contributed by atoms with van der Waals surface area (Å²) in [5.74, 6) is 0.548. The Labute approximate surface area is 359 Å². The molecule has 0 heteroatoms. The smallest absolute Gasteiger partial charge is 0.0159 e. The van der Waals surface area contributed by atoms with Crippen molar-refractivity contribution in [2.45, 2.75) is 51.9 Å². The summed E-state index contributed by atoms with van der Waals surface area (Å²) in [5.41, 5.74) is 21.4. The fourth-order valence-electron chi connectivity index (χ4n) is 11.8. The van der Waals surface area contributed by atoms with E-state index in [1.807, 2.05) is 0 Å². The van der Waals surface area contributed by atoms with Gasteiger partial charge in [0.1, 0.15) is 0 Å². The third kappa shape index (κ3) is 5.25. The van der Waals surface area contributed by atoms with Gasteiger partial charge in [0.05, 0.1) is 0 Å². The maximum absolute atomic E-state index is 2.50. The van der Waals surface area contributed by atoms with E-state index in [-0.39, 0.29) is 10.8 Å². The molecule has 0 radical (unpaired) electrons. The molecule has 9 aromatic carbocycles. The van der Waals surface area contributed by atoms with Crippen LogP contribution in [-0.2, 0) is 10.8 Å². The molecule has 9 aromatic rings. The van der Waals surface area contributed by atoms with Gasteiger partial charge in [-0.3, -0.25) is 0 Å². The van der Waals surface area contributed by atoms with Crippen LogP contribution in [0.4, 0.5) is 0 Å². The van der Waals surface area contributed by atoms with Gasteiger partial charge < -0.3 is 0 Å². The fourth-order valence-corrected chi connectivity index (χ4v) is 11.8. The van der Waals surface area contributed by atoms with Gasteiger partial charge in [0.15, 0.2) is 0 Å². The highest BCUT2D eigenvalue weighted by Gasteiger charge is 2.40. The summed E-state index contributed by atoms with van der Waals surface area (Å²) in [7, 11) is 0. The summed E-state index contributed by atoms with van der Waals surface area (Å²) in [6.45, 7) is 12.0. The quantitative estimate of drug-likeness (QED) is 0.156. The molecular formula is C61H48. The maximum atomic E-state index is 2.50. The molecule has 1 atom stereocenters. The minimum absolute atomic E-state index is 0.0107. The van der Waals surface area contributed by atoms with Crippen molar-refractivity contribution < 1.29 is 0 Å². The Morgan fingerprint density at radius 3 is 1.75 bits per heavy atom. The molecule has 292 valence electrons. The van der Waals surface area contributed by atoms with Crippen LogP contribution in [0.3, 0.4) is 0 Å². The SMILES string of the molecule is CC1CC=CC2=C1C(C)(C)c1cc(-c3ccc4c(-c5ccc(-c6cccc7ccccc67)cc5)c5ccccc5c(-c5ccc6c(c5)C(C)(C)c5ccccc5-6)c4c3)ccc12. The topological polar surface area (TPSA) is 0 Å². The average molecular weight is 781 g/mol. The zero-order valence-electron chi connectivity index (χ0n) is 35.6. The predicted octanol–water partition coefficient (Wildman–Crippen LogP) is 16.8. The zero-order valence-corrected chi connectivity index (χ0v) is 35.6. The third-order valence-electron chi connectivity index (χ3n) is 14.7. The van der Waals surface area contributed by atoms with E-state index >= 15 is 0 Å². The van der Waals surface area contributed by atoms with Crippen LogP contribution >= 0.6 is 0 Å². The Morgan fingerprint density at radius 1 is 0.393 bits per heavy atom. The van der Waals surface area contributed by atoms with Crippen molar-refractivity contribution in [1.29, 1.82) is 0 Å². The van der Waals surface area contributed by atoms with Gasteiger partial charge in [-0.15, -0.1) is 0 Å².